The second-order valence-corrected chi connectivity index (χ2v) is 10.9. The second-order valence-electron chi connectivity index (χ2n) is 10.9. The third kappa shape index (κ3) is 5.12. The van der Waals surface area contributed by atoms with Crippen molar-refractivity contribution in [3.05, 3.63) is 29.3 Å². The zero-order valence-electron chi connectivity index (χ0n) is 19.7. The van der Waals surface area contributed by atoms with E-state index in [1.54, 1.807) is 12.1 Å². The number of carbonyl (C=O) groups excluding carboxylic acids is 2. The molecule has 1 unspecified atom stereocenters. The van der Waals surface area contributed by atoms with Crippen LogP contribution in [-0.2, 0) is 15.8 Å². The first-order valence-corrected chi connectivity index (χ1v) is 12.6. The lowest BCUT2D eigenvalue weighted by atomic mass is 9.70. The summed E-state index contributed by atoms with van der Waals surface area (Å²) in [6.07, 6.45) is 1.74. The molecule has 0 radical (unpaired) electrons. The first-order valence-electron chi connectivity index (χ1n) is 12.6. The minimum absolute atomic E-state index is 0.0400. The number of piperidine rings is 1. The standard InChI is InChI=1S/C26H31F3N4O2/c27-26(28,29)21-12-20(6-5-19(21)13-30)33-15-22(24(35)31-14-18-3-4-18)25(16-33)7-9-32(10-8-25)23(34)11-17-1-2-17/h5-6,12,17-18,22H,1-4,7-11,14-16H2,(H,31,35). The zero-order chi connectivity index (χ0) is 24.8. The van der Waals surface area contributed by atoms with Gasteiger partial charge in [-0.1, -0.05) is 0 Å². The minimum Gasteiger partial charge on any atom is -0.370 e. The van der Waals surface area contributed by atoms with Crippen molar-refractivity contribution in [2.45, 2.75) is 51.1 Å². The summed E-state index contributed by atoms with van der Waals surface area (Å²) >= 11 is 0. The Kier molecular flexibility index (Phi) is 6.18. The molecule has 1 aromatic rings. The molecule has 1 N–H and O–H groups in total. The summed E-state index contributed by atoms with van der Waals surface area (Å²) in [5.74, 6) is 0.824. The van der Waals surface area contributed by atoms with Gasteiger partial charge >= 0.3 is 6.18 Å². The van der Waals surface area contributed by atoms with Gasteiger partial charge in [0.2, 0.25) is 11.8 Å². The number of hydrogen-bond acceptors (Lipinski definition) is 4. The Balaban J connectivity index is 1.36. The van der Waals surface area contributed by atoms with Crippen molar-refractivity contribution >= 4 is 17.5 Å². The summed E-state index contributed by atoms with van der Waals surface area (Å²) in [4.78, 5) is 29.7. The molecule has 2 saturated carbocycles. The summed E-state index contributed by atoms with van der Waals surface area (Å²) in [5.41, 5.74) is -1.37. The number of nitrogens with one attached hydrogen (secondary N) is 1. The van der Waals surface area contributed by atoms with E-state index in [0.29, 0.717) is 69.5 Å². The van der Waals surface area contributed by atoms with Gasteiger partial charge in [0, 0.05) is 50.2 Å². The van der Waals surface area contributed by atoms with E-state index in [1.807, 2.05) is 9.80 Å². The number of nitrogens with zero attached hydrogens (tertiary/aromatic N) is 3. The number of rotatable bonds is 6. The van der Waals surface area contributed by atoms with E-state index in [9.17, 15) is 22.8 Å². The topological polar surface area (TPSA) is 76.4 Å². The Morgan fingerprint density at radius 2 is 1.80 bits per heavy atom. The van der Waals surface area contributed by atoms with Gasteiger partial charge in [-0.2, -0.15) is 18.4 Å². The normalized spacial score (nSPS) is 23.9. The van der Waals surface area contributed by atoms with Crippen molar-refractivity contribution in [1.29, 1.82) is 5.26 Å². The van der Waals surface area contributed by atoms with Crippen LogP contribution in [0.2, 0.25) is 0 Å². The number of anilines is 1. The summed E-state index contributed by atoms with van der Waals surface area (Å²) < 4.78 is 40.7. The number of likely N-dealkylation sites (tertiary alicyclic amines) is 1. The van der Waals surface area contributed by atoms with Gasteiger partial charge in [-0.25, -0.2) is 0 Å². The Labute approximate surface area is 203 Å². The number of carbonyl (C=O) groups is 2. The summed E-state index contributed by atoms with van der Waals surface area (Å²) in [6, 6.07) is 5.42. The van der Waals surface area contributed by atoms with Gasteiger partial charge in [0.1, 0.15) is 0 Å². The van der Waals surface area contributed by atoms with Crippen molar-refractivity contribution in [3.63, 3.8) is 0 Å². The lowest BCUT2D eigenvalue weighted by Gasteiger charge is -2.42. The molecule has 9 heteroatoms. The summed E-state index contributed by atoms with van der Waals surface area (Å²) in [5, 5.41) is 12.2. The summed E-state index contributed by atoms with van der Waals surface area (Å²) in [7, 11) is 0. The molecule has 5 rings (SSSR count). The van der Waals surface area contributed by atoms with Crippen molar-refractivity contribution in [2.24, 2.45) is 23.2 Å². The molecule has 2 aliphatic heterocycles. The molecule has 4 fully saturated rings. The molecule has 4 aliphatic rings. The van der Waals surface area contributed by atoms with E-state index < -0.39 is 22.7 Å². The molecule has 1 atom stereocenters. The fourth-order valence-corrected chi connectivity index (χ4v) is 5.68. The molecule has 188 valence electrons. The van der Waals surface area contributed by atoms with Crippen LogP contribution in [0.3, 0.4) is 0 Å². The minimum atomic E-state index is -4.63. The molecule has 1 aromatic carbocycles. The number of amides is 2. The van der Waals surface area contributed by atoms with Gasteiger partial charge in [0.05, 0.1) is 23.1 Å². The van der Waals surface area contributed by atoms with Crippen LogP contribution < -0.4 is 10.2 Å². The van der Waals surface area contributed by atoms with Gasteiger partial charge in [-0.05, 0) is 68.6 Å². The number of nitriles is 1. The molecule has 2 amide bonds. The maximum Gasteiger partial charge on any atom is 0.417 e. The van der Waals surface area contributed by atoms with Crippen molar-refractivity contribution < 1.29 is 22.8 Å². The number of alkyl halides is 3. The van der Waals surface area contributed by atoms with Crippen LogP contribution >= 0.6 is 0 Å². The first-order chi connectivity index (χ1) is 16.7. The lowest BCUT2D eigenvalue weighted by molar-refractivity contribution is -0.138. The van der Waals surface area contributed by atoms with Crippen molar-refractivity contribution in [1.82, 2.24) is 10.2 Å². The molecule has 6 nitrogen and oxygen atoms in total. The highest BCUT2D eigenvalue weighted by Gasteiger charge is 2.52. The molecular weight excluding hydrogens is 457 g/mol. The van der Waals surface area contributed by atoms with Crippen LogP contribution in [0.5, 0.6) is 0 Å². The van der Waals surface area contributed by atoms with Crippen LogP contribution in [0.25, 0.3) is 0 Å². The molecule has 0 bridgehead atoms. The summed E-state index contributed by atoms with van der Waals surface area (Å²) in [6.45, 7) is 2.59. The van der Waals surface area contributed by atoms with Gasteiger partial charge in [-0.15, -0.1) is 0 Å². The highest BCUT2D eigenvalue weighted by Crippen LogP contribution is 2.47. The van der Waals surface area contributed by atoms with Gasteiger partial charge in [0.15, 0.2) is 0 Å². The predicted molar refractivity (Wildman–Crippen MR) is 123 cm³/mol. The molecule has 0 aromatic heterocycles. The smallest absolute Gasteiger partial charge is 0.370 e. The van der Waals surface area contributed by atoms with Crippen LogP contribution in [0, 0.1) is 34.5 Å². The second kappa shape index (κ2) is 9.03. The third-order valence-electron chi connectivity index (χ3n) is 8.29. The fraction of sp³-hybridized carbons (Fsp3) is 0.654. The highest BCUT2D eigenvalue weighted by atomic mass is 19.4. The quantitative estimate of drug-likeness (QED) is 0.658. The SMILES string of the molecule is N#Cc1ccc(N2CC(C(=O)NCC3CC3)C3(CCN(C(=O)CC4CC4)CC3)C2)cc1C(F)(F)F. The van der Waals surface area contributed by atoms with Gasteiger partial charge in [0.25, 0.3) is 0 Å². The van der Waals surface area contributed by atoms with Crippen LogP contribution in [0.4, 0.5) is 18.9 Å². The van der Waals surface area contributed by atoms with Gasteiger partial charge in [-0.3, -0.25) is 9.59 Å². The molecule has 2 saturated heterocycles. The maximum absolute atomic E-state index is 13.6. The van der Waals surface area contributed by atoms with E-state index in [-0.39, 0.29) is 17.7 Å². The molecule has 35 heavy (non-hydrogen) atoms. The largest absolute Gasteiger partial charge is 0.417 e. The Morgan fingerprint density at radius 1 is 1.11 bits per heavy atom. The zero-order valence-corrected chi connectivity index (χ0v) is 19.7. The Morgan fingerprint density at radius 3 is 2.40 bits per heavy atom. The van der Waals surface area contributed by atoms with Crippen LogP contribution in [0.15, 0.2) is 18.2 Å². The Hall–Kier alpha value is -2.76. The van der Waals surface area contributed by atoms with E-state index in [0.717, 1.165) is 31.7 Å². The first kappa shape index (κ1) is 24.0. The van der Waals surface area contributed by atoms with Gasteiger partial charge < -0.3 is 15.1 Å². The maximum atomic E-state index is 13.6. The average Bonchev–Trinajstić information content (AvgIpc) is 3.76. The van der Waals surface area contributed by atoms with Crippen LogP contribution in [-0.4, -0.2) is 49.4 Å². The Bertz CT molecular complexity index is 1030. The molecule has 2 heterocycles. The monoisotopic (exact) mass is 488 g/mol. The van der Waals surface area contributed by atoms with E-state index in [4.69, 9.17) is 5.26 Å². The number of hydrogen-bond donors (Lipinski definition) is 1. The molecule has 1 spiro atoms. The average molecular weight is 489 g/mol. The fourth-order valence-electron chi connectivity index (χ4n) is 5.68. The van der Waals surface area contributed by atoms with Crippen LogP contribution in [0.1, 0.15) is 56.1 Å². The van der Waals surface area contributed by atoms with E-state index in [1.165, 1.54) is 6.07 Å². The predicted octanol–water partition coefficient (Wildman–Crippen LogP) is 3.95. The number of benzene rings is 1. The number of halogens is 3. The third-order valence-corrected chi connectivity index (χ3v) is 8.29. The lowest BCUT2D eigenvalue weighted by Crippen LogP contribution is -2.50. The molecule has 2 aliphatic carbocycles. The molecular formula is C26H31F3N4O2. The van der Waals surface area contributed by atoms with E-state index >= 15 is 0 Å². The highest BCUT2D eigenvalue weighted by molar-refractivity contribution is 5.82. The van der Waals surface area contributed by atoms with Crippen molar-refractivity contribution in [3.8, 4) is 6.07 Å². The van der Waals surface area contributed by atoms with Crippen molar-refractivity contribution in [2.75, 3.05) is 37.6 Å². The van der Waals surface area contributed by atoms with E-state index in [2.05, 4.69) is 5.32 Å².